The number of hydrogen-bond acceptors (Lipinski definition) is 14. The van der Waals surface area contributed by atoms with Crippen molar-refractivity contribution in [1.82, 2.24) is 47.4 Å². The highest BCUT2D eigenvalue weighted by Gasteiger charge is 2.41. The van der Waals surface area contributed by atoms with Gasteiger partial charge in [0.15, 0.2) is 5.96 Å². The molecule has 0 radical (unpaired) electrons. The lowest BCUT2D eigenvalue weighted by Gasteiger charge is -2.30. The lowest BCUT2D eigenvalue weighted by atomic mass is 10.0. The monoisotopic (exact) mass is 1260 g/mol. The number of guanidine groups is 1. The van der Waals surface area contributed by atoms with Gasteiger partial charge in [0.1, 0.15) is 48.3 Å². The first-order chi connectivity index (χ1) is 43.4. The molecule has 5 rings (SSSR count). The van der Waals surface area contributed by atoms with E-state index >= 15 is 0 Å². The maximum atomic E-state index is 14.6. The third-order valence-electron chi connectivity index (χ3n) is 14.7. The molecular formula is C63H84N16O12. The summed E-state index contributed by atoms with van der Waals surface area (Å²) in [6, 6.07) is 22.3. The number of nitrogens with one attached hydrogen (secondary N) is 8. The third kappa shape index (κ3) is 24.7. The van der Waals surface area contributed by atoms with Crippen molar-refractivity contribution >= 4 is 76.8 Å². The first kappa shape index (κ1) is 71.5. The minimum atomic E-state index is -1.70. The second-order valence-electron chi connectivity index (χ2n) is 22.6. The Balaban J connectivity index is 1.29. The van der Waals surface area contributed by atoms with Crippen molar-refractivity contribution in [2.45, 2.75) is 139 Å². The molecule has 1 fully saturated rings. The van der Waals surface area contributed by atoms with E-state index in [1.807, 2.05) is 0 Å². The van der Waals surface area contributed by atoms with E-state index in [1.54, 1.807) is 135 Å². The number of carbonyl (C=O) groups is 12. The zero-order valence-electron chi connectivity index (χ0n) is 51.0. The van der Waals surface area contributed by atoms with Gasteiger partial charge in [0.2, 0.25) is 70.9 Å². The molecule has 0 spiro atoms. The van der Waals surface area contributed by atoms with Gasteiger partial charge >= 0.3 is 0 Å². The number of benzene rings is 4. The van der Waals surface area contributed by atoms with Crippen LogP contribution in [-0.4, -0.2) is 156 Å². The van der Waals surface area contributed by atoms with Crippen molar-refractivity contribution in [1.29, 1.82) is 0 Å². The van der Waals surface area contributed by atoms with Crippen LogP contribution in [0.4, 0.5) is 0 Å². The van der Waals surface area contributed by atoms with Crippen LogP contribution in [0, 0.1) is 5.92 Å². The van der Waals surface area contributed by atoms with Gasteiger partial charge in [0.25, 0.3) is 0 Å². The lowest BCUT2D eigenvalue weighted by molar-refractivity contribution is -0.143. The first-order valence-corrected chi connectivity index (χ1v) is 29.9. The van der Waals surface area contributed by atoms with E-state index in [0.717, 1.165) is 10.5 Å². The molecule has 1 aliphatic rings. The Bertz CT molecular complexity index is 3170. The summed E-state index contributed by atoms with van der Waals surface area (Å²) < 4.78 is 0. The van der Waals surface area contributed by atoms with Crippen LogP contribution in [0.3, 0.4) is 0 Å². The Morgan fingerprint density at radius 3 is 1.43 bits per heavy atom. The molecule has 28 heteroatoms. The van der Waals surface area contributed by atoms with Gasteiger partial charge in [-0.1, -0.05) is 135 Å². The van der Waals surface area contributed by atoms with Gasteiger partial charge < -0.3 is 81.8 Å². The Morgan fingerprint density at radius 2 is 0.923 bits per heavy atom. The Hall–Kier alpha value is -10.3. The van der Waals surface area contributed by atoms with Gasteiger partial charge in [-0.2, -0.15) is 0 Å². The SMILES string of the molecule is CC(C)CC(NC(=O)CNC(=O)C(Cc1ccccc1)NC(=O)C1CCCN1C(=O)C(CC(N)=O)NC(=O)C(Cc1ccccc1)NC(=O)C(CC(N)=O)NC(=O)C(N)Cc1ccccc1)C(=O)NC(CCCN=C(N)N)C(=O)NC(Cc1ccccc1)C(N)=O. The van der Waals surface area contributed by atoms with Crippen LogP contribution in [0.25, 0.3) is 0 Å². The summed E-state index contributed by atoms with van der Waals surface area (Å²) in [7, 11) is 0. The molecule has 20 N–H and O–H groups in total. The van der Waals surface area contributed by atoms with E-state index in [0.29, 0.717) is 16.7 Å². The topological polar surface area (TPSA) is 473 Å². The predicted octanol–water partition coefficient (Wildman–Crippen LogP) is -2.88. The smallest absolute Gasteiger partial charge is 0.246 e. The summed E-state index contributed by atoms with van der Waals surface area (Å²) in [5.74, 6) is -10.8. The van der Waals surface area contributed by atoms with Crippen LogP contribution in [0.2, 0.25) is 0 Å². The number of nitrogens with zero attached hydrogens (tertiary/aromatic N) is 2. The normalized spacial score (nSPS) is 15.3. The van der Waals surface area contributed by atoms with Crippen molar-refractivity contribution in [2.24, 2.45) is 45.3 Å². The third-order valence-corrected chi connectivity index (χ3v) is 14.7. The first-order valence-electron chi connectivity index (χ1n) is 29.9. The van der Waals surface area contributed by atoms with Crippen molar-refractivity contribution in [3.63, 3.8) is 0 Å². The lowest BCUT2D eigenvalue weighted by Crippen LogP contribution is -2.60. The summed E-state index contributed by atoms with van der Waals surface area (Å²) >= 11 is 0. The molecule has 0 saturated carbocycles. The molecule has 0 aliphatic carbocycles. The molecule has 1 heterocycles. The fraction of sp³-hybridized carbons (Fsp3) is 0.413. The van der Waals surface area contributed by atoms with E-state index in [2.05, 4.69) is 47.5 Å². The fourth-order valence-corrected chi connectivity index (χ4v) is 10.1. The van der Waals surface area contributed by atoms with Crippen LogP contribution in [0.5, 0.6) is 0 Å². The van der Waals surface area contributed by atoms with Crippen molar-refractivity contribution in [3.05, 3.63) is 144 Å². The molecule has 4 aromatic carbocycles. The quantitative estimate of drug-likeness (QED) is 0.0124. The molecule has 488 valence electrons. The van der Waals surface area contributed by atoms with Crippen LogP contribution >= 0.6 is 0 Å². The Labute approximate surface area is 527 Å². The fourth-order valence-electron chi connectivity index (χ4n) is 10.1. The largest absolute Gasteiger partial charge is 0.370 e. The minimum Gasteiger partial charge on any atom is -0.370 e. The number of hydrogen-bond donors (Lipinski definition) is 14. The number of rotatable bonds is 36. The van der Waals surface area contributed by atoms with E-state index < -0.39 is 145 Å². The zero-order chi connectivity index (χ0) is 66.6. The van der Waals surface area contributed by atoms with Crippen molar-refractivity contribution in [2.75, 3.05) is 19.6 Å². The van der Waals surface area contributed by atoms with E-state index in [4.69, 9.17) is 34.4 Å². The molecule has 1 aliphatic heterocycles. The average Bonchev–Trinajstić information content (AvgIpc) is 3.04. The van der Waals surface area contributed by atoms with Gasteiger partial charge in [-0.15, -0.1) is 0 Å². The van der Waals surface area contributed by atoms with E-state index in [-0.39, 0.29) is 82.8 Å². The summed E-state index contributed by atoms with van der Waals surface area (Å²) in [6.07, 6.45) is -0.962. The van der Waals surface area contributed by atoms with Gasteiger partial charge in [0.05, 0.1) is 25.4 Å². The number of nitrogens with two attached hydrogens (primary N) is 6. The second kappa shape index (κ2) is 36.3. The molecular weight excluding hydrogens is 1170 g/mol. The van der Waals surface area contributed by atoms with Crippen molar-refractivity contribution in [3.8, 4) is 0 Å². The zero-order valence-corrected chi connectivity index (χ0v) is 51.0. The van der Waals surface area contributed by atoms with Crippen LogP contribution in [0.15, 0.2) is 126 Å². The van der Waals surface area contributed by atoms with Crippen LogP contribution in [0.1, 0.15) is 81.0 Å². The average molecular weight is 1260 g/mol. The molecule has 1 saturated heterocycles. The highest BCUT2D eigenvalue weighted by Crippen LogP contribution is 2.21. The van der Waals surface area contributed by atoms with E-state index in [9.17, 15) is 57.5 Å². The van der Waals surface area contributed by atoms with Gasteiger partial charge in [-0.25, -0.2) is 0 Å². The highest BCUT2D eigenvalue weighted by atomic mass is 16.2. The van der Waals surface area contributed by atoms with Gasteiger partial charge in [-0.05, 0) is 66.7 Å². The standard InChI is InChI=1S/C63H84N16O12/c1-37(2)29-45(58(87)73-43(25-15-27-70-63(68)69)57(86)74-44(54(67)83)31-39-19-9-4-10-20-39)72-53(82)36-71-56(85)46(32-40-21-11-5-12-22-40)77-61(90)50-26-16-28-79(50)62(91)49(35-52(66)81)78-59(88)47(33-41-23-13-6-14-24-41)76-60(89)48(34-51(65)80)75-55(84)42(64)30-38-17-7-3-8-18-38/h3-14,17-24,37,42-50H,15-16,25-36,64H2,1-2H3,(H2,65,80)(H2,66,81)(H2,67,83)(H,71,85)(H,72,82)(H,73,87)(H,74,86)(H,75,84)(H,76,89)(H,77,90)(H,78,88)(H4,68,69,70). The minimum absolute atomic E-state index is 0.00548. The predicted molar refractivity (Wildman–Crippen MR) is 336 cm³/mol. The van der Waals surface area contributed by atoms with Gasteiger partial charge in [0, 0.05) is 32.4 Å². The summed E-state index contributed by atoms with van der Waals surface area (Å²) in [5.41, 5.74) is 36.5. The summed E-state index contributed by atoms with van der Waals surface area (Å²) in [5, 5.41) is 20.7. The molecule has 0 aromatic heterocycles. The number of amides is 12. The maximum absolute atomic E-state index is 14.6. The Kier molecular flexibility index (Phi) is 28.5. The molecule has 4 aromatic rings. The number of likely N-dealkylation sites (tertiary alicyclic amines) is 1. The number of aliphatic imine (C=N–C) groups is 1. The van der Waals surface area contributed by atoms with E-state index in [1.165, 1.54) is 0 Å². The number of carbonyl (C=O) groups excluding carboxylic acids is 12. The molecule has 28 nitrogen and oxygen atoms in total. The molecule has 91 heavy (non-hydrogen) atoms. The second-order valence-corrected chi connectivity index (χ2v) is 22.6. The van der Waals surface area contributed by atoms with Gasteiger partial charge in [-0.3, -0.25) is 62.5 Å². The highest BCUT2D eigenvalue weighted by molar-refractivity contribution is 6.00. The van der Waals surface area contributed by atoms with Crippen molar-refractivity contribution < 1.29 is 57.5 Å². The molecule has 9 unspecified atom stereocenters. The molecule has 9 atom stereocenters. The van der Waals surface area contributed by atoms with Crippen LogP contribution < -0.4 is 76.9 Å². The Morgan fingerprint density at radius 1 is 0.495 bits per heavy atom. The summed E-state index contributed by atoms with van der Waals surface area (Å²) in [6.45, 7) is 2.96. The number of primary amides is 3. The maximum Gasteiger partial charge on any atom is 0.246 e. The molecule has 12 amide bonds. The summed E-state index contributed by atoms with van der Waals surface area (Å²) in [4.78, 5) is 169. The van der Waals surface area contributed by atoms with Crippen LogP contribution in [-0.2, 0) is 83.2 Å². The molecule has 0 bridgehead atoms.